The highest BCUT2D eigenvalue weighted by Crippen LogP contribution is 2.24. The molecule has 2 unspecified atom stereocenters. The number of carbonyl (C=O) groups excluding carboxylic acids is 2. The van der Waals surface area contributed by atoms with Gasteiger partial charge in [0.25, 0.3) is 5.91 Å². The van der Waals surface area contributed by atoms with E-state index in [4.69, 9.17) is 4.74 Å². The minimum Gasteiger partial charge on any atom is -0.490 e. The lowest BCUT2D eigenvalue weighted by Crippen LogP contribution is -2.46. The third-order valence-electron chi connectivity index (χ3n) is 5.23. The topological polar surface area (TPSA) is 70.7 Å². The van der Waals surface area contributed by atoms with Crippen LogP contribution < -0.4 is 15.4 Å². The SMILES string of the molecule is CC(C)Oc1ccccc1C(=O)N1CCCC(CNC(=O)C2CCCN2)C1. The van der Waals surface area contributed by atoms with Crippen molar-refractivity contribution in [2.45, 2.75) is 51.7 Å². The quantitative estimate of drug-likeness (QED) is 0.802. The number of likely N-dealkylation sites (tertiary alicyclic amines) is 1. The fourth-order valence-corrected chi connectivity index (χ4v) is 3.86. The summed E-state index contributed by atoms with van der Waals surface area (Å²) in [5, 5.41) is 6.29. The maximum atomic E-state index is 13.0. The normalized spacial score (nSPS) is 22.7. The number of para-hydroxylation sites is 1. The number of piperidine rings is 1. The molecule has 6 nitrogen and oxygen atoms in total. The second kappa shape index (κ2) is 9.22. The van der Waals surface area contributed by atoms with Gasteiger partial charge < -0.3 is 20.3 Å². The maximum absolute atomic E-state index is 13.0. The van der Waals surface area contributed by atoms with Gasteiger partial charge in [-0.3, -0.25) is 9.59 Å². The summed E-state index contributed by atoms with van der Waals surface area (Å²) in [7, 11) is 0. The molecule has 148 valence electrons. The van der Waals surface area contributed by atoms with Crippen LogP contribution in [-0.4, -0.2) is 55.0 Å². The summed E-state index contributed by atoms with van der Waals surface area (Å²) in [5.74, 6) is 1.04. The predicted octanol–water partition coefficient (Wildman–Crippen LogP) is 2.19. The Morgan fingerprint density at radius 2 is 2.07 bits per heavy atom. The van der Waals surface area contributed by atoms with Crippen LogP contribution in [0.2, 0.25) is 0 Å². The highest BCUT2D eigenvalue weighted by atomic mass is 16.5. The van der Waals surface area contributed by atoms with Crippen molar-refractivity contribution >= 4 is 11.8 Å². The molecule has 27 heavy (non-hydrogen) atoms. The molecule has 3 rings (SSSR count). The Morgan fingerprint density at radius 3 is 2.81 bits per heavy atom. The van der Waals surface area contributed by atoms with Crippen LogP contribution in [0.3, 0.4) is 0 Å². The summed E-state index contributed by atoms with van der Waals surface area (Å²) < 4.78 is 5.81. The van der Waals surface area contributed by atoms with Gasteiger partial charge in [0, 0.05) is 19.6 Å². The van der Waals surface area contributed by atoms with Gasteiger partial charge in [-0.2, -0.15) is 0 Å². The Hall–Kier alpha value is -2.08. The van der Waals surface area contributed by atoms with Gasteiger partial charge in [0.05, 0.1) is 17.7 Å². The molecule has 1 aromatic carbocycles. The first-order valence-electron chi connectivity index (χ1n) is 10.1. The molecule has 2 atom stereocenters. The van der Waals surface area contributed by atoms with Gasteiger partial charge in [0.15, 0.2) is 0 Å². The minimum atomic E-state index is -0.0496. The molecule has 2 saturated heterocycles. The second-order valence-corrected chi connectivity index (χ2v) is 7.82. The van der Waals surface area contributed by atoms with Gasteiger partial charge in [-0.15, -0.1) is 0 Å². The number of hydrogen-bond donors (Lipinski definition) is 2. The third-order valence-corrected chi connectivity index (χ3v) is 5.23. The molecular weight excluding hydrogens is 342 g/mol. The van der Waals surface area contributed by atoms with Crippen LogP contribution in [0, 0.1) is 5.92 Å². The Balaban J connectivity index is 1.57. The zero-order valence-electron chi connectivity index (χ0n) is 16.4. The van der Waals surface area contributed by atoms with E-state index in [1.807, 2.05) is 43.0 Å². The fourth-order valence-electron chi connectivity index (χ4n) is 3.86. The van der Waals surface area contributed by atoms with E-state index < -0.39 is 0 Å². The number of benzene rings is 1. The molecule has 2 fully saturated rings. The van der Waals surface area contributed by atoms with Crippen molar-refractivity contribution < 1.29 is 14.3 Å². The molecule has 2 amide bonds. The summed E-state index contributed by atoms with van der Waals surface area (Å²) in [6, 6.07) is 7.39. The lowest BCUT2D eigenvalue weighted by molar-refractivity contribution is -0.123. The van der Waals surface area contributed by atoms with Crippen molar-refractivity contribution in [2.24, 2.45) is 5.92 Å². The Morgan fingerprint density at radius 1 is 1.26 bits per heavy atom. The van der Waals surface area contributed by atoms with Crippen LogP contribution in [0.5, 0.6) is 5.75 Å². The lowest BCUT2D eigenvalue weighted by atomic mass is 9.97. The van der Waals surface area contributed by atoms with E-state index in [0.29, 0.717) is 30.3 Å². The van der Waals surface area contributed by atoms with Crippen LogP contribution in [0.15, 0.2) is 24.3 Å². The number of nitrogens with one attached hydrogen (secondary N) is 2. The smallest absolute Gasteiger partial charge is 0.257 e. The minimum absolute atomic E-state index is 0.0136. The predicted molar refractivity (Wildman–Crippen MR) is 105 cm³/mol. The number of ether oxygens (including phenoxy) is 1. The van der Waals surface area contributed by atoms with Crippen LogP contribution in [0.4, 0.5) is 0 Å². The van der Waals surface area contributed by atoms with E-state index in [1.165, 1.54) is 0 Å². The van der Waals surface area contributed by atoms with E-state index >= 15 is 0 Å². The van der Waals surface area contributed by atoms with Gasteiger partial charge in [-0.1, -0.05) is 12.1 Å². The van der Waals surface area contributed by atoms with Gasteiger partial charge in [0.2, 0.25) is 5.91 Å². The molecule has 0 aromatic heterocycles. The number of hydrogen-bond acceptors (Lipinski definition) is 4. The third kappa shape index (κ3) is 5.22. The molecule has 0 aliphatic carbocycles. The first-order valence-corrected chi connectivity index (χ1v) is 10.1. The fraction of sp³-hybridized carbons (Fsp3) is 0.619. The largest absolute Gasteiger partial charge is 0.490 e. The lowest BCUT2D eigenvalue weighted by Gasteiger charge is -2.33. The average Bonchev–Trinajstić information content (AvgIpc) is 3.21. The standard InChI is InChI=1S/C21H31N3O3/c1-15(2)27-19-10-4-3-8-17(19)21(26)24-12-6-7-16(14-24)13-23-20(25)18-9-5-11-22-18/h3-4,8,10,15-16,18,22H,5-7,9,11-14H2,1-2H3,(H,23,25). The van der Waals surface area contributed by atoms with Crippen molar-refractivity contribution in [3.05, 3.63) is 29.8 Å². The van der Waals surface area contributed by atoms with Gasteiger partial charge in [-0.25, -0.2) is 0 Å². The molecule has 2 N–H and O–H groups in total. The zero-order valence-corrected chi connectivity index (χ0v) is 16.4. The molecule has 2 heterocycles. The monoisotopic (exact) mass is 373 g/mol. The van der Waals surface area contributed by atoms with E-state index in [1.54, 1.807) is 0 Å². The Kier molecular flexibility index (Phi) is 6.72. The highest BCUT2D eigenvalue weighted by Gasteiger charge is 2.28. The summed E-state index contributed by atoms with van der Waals surface area (Å²) >= 11 is 0. The van der Waals surface area contributed by atoms with E-state index in [2.05, 4.69) is 10.6 Å². The molecule has 0 spiro atoms. The number of nitrogens with zero attached hydrogens (tertiary/aromatic N) is 1. The van der Waals surface area contributed by atoms with Gasteiger partial charge in [0.1, 0.15) is 5.75 Å². The number of rotatable bonds is 6. The van der Waals surface area contributed by atoms with Crippen molar-refractivity contribution in [1.82, 2.24) is 15.5 Å². The molecule has 2 aliphatic heterocycles. The van der Waals surface area contributed by atoms with Crippen molar-refractivity contribution in [2.75, 3.05) is 26.2 Å². The summed E-state index contributed by atoms with van der Waals surface area (Å²) in [4.78, 5) is 27.1. The van der Waals surface area contributed by atoms with E-state index in [0.717, 1.165) is 38.8 Å². The summed E-state index contributed by atoms with van der Waals surface area (Å²) in [5.41, 5.74) is 0.617. The van der Waals surface area contributed by atoms with Crippen molar-refractivity contribution in [1.29, 1.82) is 0 Å². The van der Waals surface area contributed by atoms with Crippen molar-refractivity contribution in [3.8, 4) is 5.75 Å². The molecule has 2 aliphatic rings. The molecule has 0 bridgehead atoms. The molecule has 1 aromatic rings. The van der Waals surface area contributed by atoms with Gasteiger partial charge >= 0.3 is 0 Å². The average molecular weight is 373 g/mol. The molecule has 0 saturated carbocycles. The van der Waals surface area contributed by atoms with Crippen LogP contribution >= 0.6 is 0 Å². The van der Waals surface area contributed by atoms with Crippen LogP contribution in [0.25, 0.3) is 0 Å². The highest BCUT2D eigenvalue weighted by molar-refractivity contribution is 5.97. The Bertz CT molecular complexity index is 656. The second-order valence-electron chi connectivity index (χ2n) is 7.82. The first-order chi connectivity index (χ1) is 13.0. The summed E-state index contributed by atoms with van der Waals surface area (Å²) in [6.45, 7) is 6.89. The molecule has 6 heteroatoms. The molecular formula is C21H31N3O3. The number of carbonyl (C=O) groups is 2. The van der Waals surface area contributed by atoms with E-state index in [9.17, 15) is 9.59 Å². The maximum Gasteiger partial charge on any atom is 0.257 e. The zero-order chi connectivity index (χ0) is 19.2. The van der Waals surface area contributed by atoms with Crippen molar-refractivity contribution in [3.63, 3.8) is 0 Å². The van der Waals surface area contributed by atoms with Crippen LogP contribution in [0.1, 0.15) is 49.9 Å². The van der Waals surface area contributed by atoms with Gasteiger partial charge in [-0.05, 0) is 64.1 Å². The van der Waals surface area contributed by atoms with E-state index in [-0.39, 0.29) is 24.0 Å². The Labute approximate surface area is 161 Å². The summed E-state index contributed by atoms with van der Waals surface area (Å²) in [6.07, 6.45) is 3.98. The first kappa shape index (κ1) is 19.7. The molecule has 0 radical (unpaired) electrons. The van der Waals surface area contributed by atoms with Crippen LogP contribution in [-0.2, 0) is 4.79 Å². The number of amides is 2.